The van der Waals surface area contributed by atoms with Crippen molar-refractivity contribution in [2.24, 2.45) is 0 Å². The number of hydrogen-bond donors (Lipinski definition) is 0. The van der Waals surface area contributed by atoms with Gasteiger partial charge in [-0.1, -0.05) is 169 Å². The quantitative estimate of drug-likeness (QED) is 0.0795. The van der Waals surface area contributed by atoms with E-state index in [9.17, 15) is 0 Å². The monoisotopic (exact) mass is 482 g/mol. The van der Waals surface area contributed by atoms with Gasteiger partial charge in [0.25, 0.3) is 0 Å². The Bertz CT molecular complexity index is 326. The summed E-state index contributed by atoms with van der Waals surface area (Å²) >= 11 is 0. The summed E-state index contributed by atoms with van der Waals surface area (Å²) in [5, 5.41) is 0. The lowest BCUT2D eigenvalue weighted by Crippen LogP contribution is -2.38. The van der Waals surface area contributed by atoms with E-state index < -0.39 is 8.32 Å². The Morgan fingerprint density at radius 3 is 0.939 bits per heavy atom. The number of unbranched alkanes of at least 4 members (excludes halogenated alkanes) is 19. The van der Waals surface area contributed by atoms with Crippen LogP contribution in [0.3, 0.4) is 0 Å². The van der Waals surface area contributed by atoms with Crippen LogP contribution >= 0.6 is 0 Å². The highest BCUT2D eigenvalue weighted by molar-refractivity contribution is 6.73. The molecule has 0 heterocycles. The van der Waals surface area contributed by atoms with Crippen molar-refractivity contribution in [3.63, 3.8) is 0 Å². The molecule has 0 unspecified atom stereocenters. The Labute approximate surface area is 212 Å². The van der Waals surface area contributed by atoms with Gasteiger partial charge in [0.15, 0.2) is 8.32 Å². The van der Waals surface area contributed by atoms with Gasteiger partial charge in [-0.15, -0.1) is 0 Å². The highest BCUT2D eigenvalue weighted by Gasteiger charge is 2.33. The van der Waals surface area contributed by atoms with Crippen molar-refractivity contribution in [3.05, 3.63) is 0 Å². The Morgan fingerprint density at radius 1 is 0.333 bits per heavy atom. The van der Waals surface area contributed by atoms with Crippen LogP contribution in [0.5, 0.6) is 0 Å². The van der Waals surface area contributed by atoms with Crippen LogP contribution in [0.15, 0.2) is 0 Å². The van der Waals surface area contributed by atoms with E-state index in [2.05, 4.69) is 27.7 Å². The summed E-state index contributed by atoms with van der Waals surface area (Å²) in [6, 6.07) is 4.34. The van der Waals surface area contributed by atoms with E-state index in [1.165, 1.54) is 166 Å². The molecule has 1 nitrogen and oxygen atoms in total. The fourth-order valence-electron chi connectivity index (χ4n) is 5.27. The molecule has 0 aliphatic heterocycles. The predicted molar refractivity (Wildman–Crippen MR) is 155 cm³/mol. The maximum Gasteiger partial charge on any atom is 0.192 e. The summed E-state index contributed by atoms with van der Waals surface area (Å²) in [6.45, 7) is 10.4. The van der Waals surface area contributed by atoms with Gasteiger partial charge in [-0.25, -0.2) is 0 Å². The smallest absolute Gasteiger partial charge is 0.192 e. The zero-order chi connectivity index (χ0) is 24.3. The molecule has 0 rings (SSSR count). The standard InChI is InChI=1S/C31H66OSi/c1-5-9-13-17-18-19-20-21-22-23-24-28-32-33(29-25-14-10-6-2,30-26-15-11-7-3)31-27-16-12-8-4/h5-31H2,1-4H3. The van der Waals surface area contributed by atoms with Crippen molar-refractivity contribution in [1.82, 2.24) is 0 Å². The molecule has 0 fully saturated rings. The zero-order valence-electron chi connectivity index (χ0n) is 24.0. The Kier molecular flexibility index (Phi) is 26.9. The lowest BCUT2D eigenvalue weighted by molar-refractivity contribution is 0.281. The van der Waals surface area contributed by atoms with Gasteiger partial charge in [0.1, 0.15) is 0 Å². The SMILES string of the molecule is CCCCCCCCCCCCCO[Si](CCCCCC)(CCCCCC)CCCCCC. The lowest BCUT2D eigenvalue weighted by atomic mass is 10.1. The third kappa shape index (κ3) is 22.4. The van der Waals surface area contributed by atoms with Gasteiger partial charge in [0.05, 0.1) is 0 Å². The fourth-order valence-corrected chi connectivity index (χ4v) is 9.71. The third-order valence-corrected chi connectivity index (χ3v) is 12.2. The summed E-state index contributed by atoms with van der Waals surface area (Å²) in [6.07, 6.45) is 32.5. The van der Waals surface area contributed by atoms with Crippen LogP contribution in [0.4, 0.5) is 0 Å². The van der Waals surface area contributed by atoms with Gasteiger partial charge in [-0.05, 0) is 24.6 Å². The van der Waals surface area contributed by atoms with Crippen LogP contribution < -0.4 is 0 Å². The average molecular weight is 483 g/mol. The molecule has 0 aliphatic carbocycles. The molecule has 0 bridgehead atoms. The first-order chi connectivity index (χ1) is 16.2. The molecule has 0 atom stereocenters. The molecule has 0 amide bonds. The minimum Gasteiger partial charge on any atom is -0.417 e. The third-order valence-electron chi connectivity index (χ3n) is 7.61. The summed E-state index contributed by atoms with van der Waals surface area (Å²) in [4.78, 5) is 0. The summed E-state index contributed by atoms with van der Waals surface area (Å²) in [5.74, 6) is 0. The lowest BCUT2D eigenvalue weighted by Gasteiger charge is -2.32. The average Bonchev–Trinajstić information content (AvgIpc) is 2.83. The number of hydrogen-bond acceptors (Lipinski definition) is 1. The topological polar surface area (TPSA) is 9.23 Å². The second kappa shape index (κ2) is 26.8. The molecule has 0 aliphatic rings. The van der Waals surface area contributed by atoms with Crippen molar-refractivity contribution in [1.29, 1.82) is 0 Å². The van der Waals surface area contributed by atoms with Gasteiger partial charge in [0, 0.05) is 6.61 Å². The molecule has 33 heavy (non-hydrogen) atoms. The van der Waals surface area contributed by atoms with Crippen molar-refractivity contribution in [3.8, 4) is 0 Å². The van der Waals surface area contributed by atoms with E-state index in [4.69, 9.17) is 4.43 Å². The first-order valence-electron chi connectivity index (χ1n) is 15.9. The van der Waals surface area contributed by atoms with Gasteiger partial charge in [0.2, 0.25) is 0 Å². The van der Waals surface area contributed by atoms with Crippen LogP contribution in [0.25, 0.3) is 0 Å². The highest BCUT2D eigenvalue weighted by Crippen LogP contribution is 2.31. The molecule has 0 aromatic rings. The Hall–Kier alpha value is 0.177. The van der Waals surface area contributed by atoms with Crippen LogP contribution in [-0.4, -0.2) is 14.9 Å². The fraction of sp³-hybridized carbons (Fsp3) is 1.00. The zero-order valence-corrected chi connectivity index (χ0v) is 25.0. The normalized spacial score (nSPS) is 12.0. The van der Waals surface area contributed by atoms with Crippen LogP contribution in [0, 0.1) is 0 Å². The largest absolute Gasteiger partial charge is 0.417 e. The molecular weight excluding hydrogens is 416 g/mol. The van der Waals surface area contributed by atoms with Crippen LogP contribution in [0.2, 0.25) is 18.1 Å². The van der Waals surface area contributed by atoms with E-state index in [-0.39, 0.29) is 0 Å². The molecule has 0 N–H and O–H groups in total. The molecule has 0 radical (unpaired) electrons. The van der Waals surface area contributed by atoms with Gasteiger partial charge in [-0.2, -0.15) is 0 Å². The summed E-state index contributed by atoms with van der Waals surface area (Å²) in [5.41, 5.74) is 0. The summed E-state index contributed by atoms with van der Waals surface area (Å²) in [7, 11) is -1.54. The van der Waals surface area contributed by atoms with Crippen molar-refractivity contribution in [2.45, 2.75) is 194 Å². The maximum absolute atomic E-state index is 6.99. The van der Waals surface area contributed by atoms with E-state index >= 15 is 0 Å². The first kappa shape index (κ1) is 33.2. The van der Waals surface area contributed by atoms with Crippen molar-refractivity contribution < 1.29 is 4.43 Å². The van der Waals surface area contributed by atoms with Crippen molar-refractivity contribution in [2.75, 3.05) is 6.61 Å². The maximum atomic E-state index is 6.99. The van der Waals surface area contributed by atoms with E-state index in [1.54, 1.807) is 0 Å². The highest BCUT2D eigenvalue weighted by atomic mass is 28.4. The Morgan fingerprint density at radius 2 is 0.606 bits per heavy atom. The summed E-state index contributed by atoms with van der Waals surface area (Å²) < 4.78 is 6.99. The molecular formula is C31H66OSi. The molecule has 0 aromatic heterocycles. The van der Waals surface area contributed by atoms with Crippen molar-refractivity contribution >= 4 is 8.32 Å². The minimum atomic E-state index is -1.54. The Balaban J connectivity index is 4.34. The van der Waals surface area contributed by atoms with Crippen LogP contribution in [0.1, 0.15) is 175 Å². The molecule has 200 valence electrons. The second-order valence-corrected chi connectivity index (χ2v) is 15.2. The predicted octanol–water partition coefficient (Wildman–Crippen LogP) is 12.0. The first-order valence-corrected chi connectivity index (χ1v) is 18.4. The van der Waals surface area contributed by atoms with Crippen LogP contribution in [-0.2, 0) is 4.43 Å². The molecule has 0 aromatic carbocycles. The molecule has 0 spiro atoms. The minimum absolute atomic E-state index is 1.07. The number of rotatable bonds is 28. The van der Waals surface area contributed by atoms with Gasteiger partial charge >= 0.3 is 0 Å². The van der Waals surface area contributed by atoms with Gasteiger partial charge in [-0.3, -0.25) is 0 Å². The second-order valence-electron chi connectivity index (χ2n) is 11.0. The molecule has 0 saturated carbocycles. The molecule has 2 heteroatoms. The molecule has 0 saturated heterocycles. The van der Waals surface area contributed by atoms with Gasteiger partial charge < -0.3 is 4.43 Å². The van der Waals surface area contributed by atoms with E-state index in [1.807, 2.05) is 0 Å². The van der Waals surface area contributed by atoms with E-state index in [0.29, 0.717) is 0 Å². The van der Waals surface area contributed by atoms with E-state index in [0.717, 1.165) is 6.61 Å².